The van der Waals surface area contributed by atoms with Crippen LogP contribution in [-0.4, -0.2) is 9.78 Å². The van der Waals surface area contributed by atoms with Gasteiger partial charge < -0.3 is 5.32 Å². The second kappa shape index (κ2) is 4.48. The summed E-state index contributed by atoms with van der Waals surface area (Å²) in [5.74, 6) is 0. The van der Waals surface area contributed by atoms with Gasteiger partial charge in [0.2, 0.25) is 0 Å². The molecule has 1 aromatic heterocycles. The summed E-state index contributed by atoms with van der Waals surface area (Å²) in [4.78, 5) is 0. The highest BCUT2D eigenvalue weighted by Gasteiger charge is 2.10. The van der Waals surface area contributed by atoms with Crippen LogP contribution in [-0.2, 0) is 26.4 Å². The van der Waals surface area contributed by atoms with Gasteiger partial charge in [0.05, 0.1) is 6.20 Å². The molecule has 0 spiro atoms. The van der Waals surface area contributed by atoms with Gasteiger partial charge in [0.1, 0.15) is 0 Å². The van der Waals surface area contributed by atoms with Gasteiger partial charge in [0.15, 0.2) is 0 Å². The monoisotopic (exact) mass is 241 g/mol. The summed E-state index contributed by atoms with van der Waals surface area (Å²) >= 11 is 0. The Balaban J connectivity index is 1.72. The summed E-state index contributed by atoms with van der Waals surface area (Å²) in [6.07, 6.45) is 5.73. The van der Waals surface area contributed by atoms with Crippen LogP contribution in [0.25, 0.3) is 0 Å². The van der Waals surface area contributed by atoms with E-state index in [0.717, 1.165) is 6.54 Å². The quantitative estimate of drug-likeness (QED) is 0.895. The van der Waals surface area contributed by atoms with Gasteiger partial charge in [0.25, 0.3) is 0 Å². The third kappa shape index (κ3) is 2.01. The first kappa shape index (κ1) is 11.3. The average Bonchev–Trinajstić information content (AvgIpc) is 2.96. The molecule has 1 aliphatic rings. The minimum Gasteiger partial charge on any atom is -0.381 e. The summed E-state index contributed by atoms with van der Waals surface area (Å²) in [5.41, 5.74) is 6.75. The molecule has 0 bridgehead atoms. The van der Waals surface area contributed by atoms with Crippen LogP contribution in [0.15, 0.2) is 24.4 Å². The first-order valence-electron chi connectivity index (χ1n) is 6.57. The van der Waals surface area contributed by atoms with Crippen molar-refractivity contribution in [2.45, 2.75) is 32.7 Å². The molecule has 3 nitrogen and oxygen atoms in total. The van der Waals surface area contributed by atoms with Crippen LogP contribution in [0.1, 0.15) is 28.8 Å². The van der Waals surface area contributed by atoms with Crippen molar-refractivity contribution in [1.82, 2.24) is 9.78 Å². The van der Waals surface area contributed by atoms with Gasteiger partial charge in [-0.2, -0.15) is 5.10 Å². The number of nitrogens with zero attached hydrogens (tertiary/aromatic N) is 2. The number of aryl methyl sites for hydroxylation is 3. The van der Waals surface area contributed by atoms with E-state index in [-0.39, 0.29) is 0 Å². The minimum absolute atomic E-state index is 0.846. The smallest absolute Gasteiger partial charge is 0.0542 e. The Labute approximate surface area is 108 Å². The maximum Gasteiger partial charge on any atom is 0.0542 e. The Kier molecular flexibility index (Phi) is 2.82. The lowest BCUT2D eigenvalue weighted by atomic mass is 10.1. The number of fused-ring (bicyclic) bond motifs is 1. The lowest BCUT2D eigenvalue weighted by Gasteiger charge is -2.08. The molecular formula is C15H19N3. The van der Waals surface area contributed by atoms with Crippen LogP contribution < -0.4 is 5.32 Å². The van der Waals surface area contributed by atoms with E-state index in [1.165, 1.54) is 47.3 Å². The molecule has 1 aliphatic carbocycles. The van der Waals surface area contributed by atoms with Crippen LogP contribution in [0, 0.1) is 6.92 Å². The average molecular weight is 241 g/mol. The van der Waals surface area contributed by atoms with E-state index in [1.807, 2.05) is 17.9 Å². The summed E-state index contributed by atoms with van der Waals surface area (Å²) in [6.45, 7) is 2.95. The molecule has 3 heteroatoms. The molecule has 1 aromatic carbocycles. The standard InChI is InChI=1S/C15H19N3/c1-11-14(10-17-18(11)2)9-16-15-7-6-12-4-3-5-13(12)8-15/h6-8,10,16H,3-5,9H2,1-2H3. The molecule has 94 valence electrons. The van der Waals surface area contributed by atoms with E-state index in [4.69, 9.17) is 0 Å². The van der Waals surface area contributed by atoms with Crippen LogP contribution >= 0.6 is 0 Å². The molecule has 3 rings (SSSR count). The first-order valence-corrected chi connectivity index (χ1v) is 6.57. The Morgan fingerprint density at radius 3 is 2.89 bits per heavy atom. The predicted octanol–water partition coefficient (Wildman–Crippen LogP) is 2.83. The number of benzene rings is 1. The molecule has 0 amide bonds. The van der Waals surface area contributed by atoms with E-state index >= 15 is 0 Å². The highest BCUT2D eigenvalue weighted by atomic mass is 15.3. The fraction of sp³-hybridized carbons (Fsp3) is 0.400. The molecular weight excluding hydrogens is 222 g/mol. The summed E-state index contributed by atoms with van der Waals surface area (Å²) < 4.78 is 1.92. The normalized spacial score (nSPS) is 13.7. The van der Waals surface area contributed by atoms with Gasteiger partial charge in [-0.3, -0.25) is 4.68 Å². The van der Waals surface area contributed by atoms with Crippen LogP contribution in [0.3, 0.4) is 0 Å². The van der Waals surface area contributed by atoms with Crippen molar-refractivity contribution in [2.75, 3.05) is 5.32 Å². The molecule has 18 heavy (non-hydrogen) atoms. The fourth-order valence-electron chi connectivity index (χ4n) is 2.60. The highest BCUT2D eigenvalue weighted by Crippen LogP contribution is 2.25. The predicted molar refractivity (Wildman–Crippen MR) is 73.7 cm³/mol. The van der Waals surface area contributed by atoms with E-state index in [9.17, 15) is 0 Å². The third-order valence-electron chi connectivity index (χ3n) is 3.92. The second-order valence-electron chi connectivity index (χ2n) is 5.07. The maximum atomic E-state index is 4.26. The molecule has 0 atom stereocenters. The summed E-state index contributed by atoms with van der Waals surface area (Å²) in [5, 5.41) is 7.75. The molecule has 1 heterocycles. The number of hydrogen-bond donors (Lipinski definition) is 1. The molecule has 0 radical (unpaired) electrons. The third-order valence-corrected chi connectivity index (χ3v) is 3.92. The molecule has 1 N–H and O–H groups in total. The molecule has 0 aliphatic heterocycles. The van der Waals surface area contributed by atoms with Gasteiger partial charge in [-0.15, -0.1) is 0 Å². The maximum absolute atomic E-state index is 4.26. The van der Waals surface area contributed by atoms with Gasteiger partial charge >= 0.3 is 0 Å². The van der Waals surface area contributed by atoms with Crippen molar-refractivity contribution in [3.8, 4) is 0 Å². The van der Waals surface area contributed by atoms with Gasteiger partial charge in [0, 0.05) is 30.5 Å². The van der Waals surface area contributed by atoms with Gasteiger partial charge in [-0.25, -0.2) is 0 Å². The van der Waals surface area contributed by atoms with E-state index in [0.29, 0.717) is 0 Å². The second-order valence-corrected chi connectivity index (χ2v) is 5.07. The van der Waals surface area contributed by atoms with Crippen LogP contribution in [0.4, 0.5) is 5.69 Å². The molecule has 0 fully saturated rings. The lowest BCUT2D eigenvalue weighted by molar-refractivity contribution is 0.738. The van der Waals surface area contributed by atoms with E-state index < -0.39 is 0 Å². The fourth-order valence-corrected chi connectivity index (χ4v) is 2.60. The molecule has 0 saturated heterocycles. The Hall–Kier alpha value is -1.77. The van der Waals surface area contributed by atoms with Crippen LogP contribution in [0.5, 0.6) is 0 Å². The number of hydrogen-bond acceptors (Lipinski definition) is 2. The Bertz CT molecular complexity index is 569. The zero-order chi connectivity index (χ0) is 12.5. The SMILES string of the molecule is Cc1c(CNc2ccc3c(c2)CCC3)cnn1C. The Morgan fingerprint density at radius 1 is 1.28 bits per heavy atom. The summed E-state index contributed by atoms with van der Waals surface area (Å²) in [6, 6.07) is 6.75. The molecule has 2 aromatic rings. The van der Waals surface area contributed by atoms with E-state index in [2.05, 4.69) is 35.5 Å². The number of aromatic nitrogens is 2. The van der Waals surface area contributed by atoms with Crippen molar-refractivity contribution >= 4 is 5.69 Å². The zero-order valence-corrected chi connectivity index (χ0v) is 11.0. The van der Waals surface area contributed by atoms with Crippen molar-refractivity contribution < 1.29 is 0 Å². The minimum atomic E-state index is 0.846. The summed E-state index contributed by atoms with van der Waals surface area (Å²) in [7, 11) is 1.98. The number of nitrogens with one attached hydrogen (secondary N) is 1. The molecule has 0 saturated carbocycles. The van der Waals surface area contributed by atoms with Crippen molar-refractivity contribution in [1.29, 1.82) is 0 Å². The number of rotatable bonds is 3. The largest absolute Gasteiger partial charge is 0.381 e. The Morgan fingerprint density at radius 2 is 2.11 bits per heavy atom. The molecule has 0 unspecified atom stereocenters. The number of anilines is 1. The van der Waals surface area contributed by atoms with Gasteiger partial charge in [-0.1, -0.05) is 6.07 Å². The van der Waals surface area contributed by atoms with Crippen molar-refractivity contribution in [2.24, 2.45) is 7.05 Å². The van der Waals surface area contributed by atoms with E-state index in [1.54, 1.807) is 0 Å². The van der Waals surface area contributed by atoms with Crippen molar-refractivity contribution in [3.05, 3.63) is 46.8 Å². The first-order chi connectivity index (χ1) is 8.74. The van der Waals surface area contributed by atoms with Crippen molar-refractivity contribution in [3.63, 3.8) is 0 Å². The highest BCUT2D eigenvalue weighted by molar-refractivity contribution is 5.50. The van der Waals surface area contributed by atoms with Crippen LogP contribution in [0.2, 0.25) is 0 Å². The lowest BCUT2D eigenvalue weighted by Crippen LogP contribution is -2.02. The zero-order valence-electron chi connectivity index (χ0n) is 11.0. The topological polar surface area (TPSA) is 29.9 Å². The van der Waals surface area contributed by atoms with Gasteiger partial charge in [-0.05, 0) is 49.4 Å².